The third-order valence-electron chi connectivity index (χ3n) is 0.625. The van der Waals surface area contributed by atoms with E-state index < -0.39 is 25.0 Å². The quantitative estimate of drug-likeness (QED) is 0.785. The van der Waals surface area contributed by atoms with Crippen molar-refractivity contribution in [1.29, 1.82) is 0 Å². The molecule has 0 aliphatic rings. The molecule has 2 N–H and O–H groups in total. The fourth-order valence-corrected chi connectivity index (χ4v) is 0.345. The van der Waals surface area contributed by atoms with Crippen LogP contribution in [-0.2, 0) is 9.30 Å². The lowest BCUT2D eigenvalue weighted by atomic mass is 10.4. The van der Waals surface area contributed by atoms with Gasteiger partial charge in [-0.2, -0.15) is 13.2 Å². The molecule has 0 fully saturated rings. The van der Waals surface area contributed by atoms with Crippen LogP contribution in [0.3, 0.4) is 0 Å². The number of hydrogen-bond acceptors (Lipinski definition) is 3. The molecule has 1 atom stereocenters. The Bertz CT molecular complexity index is 197. The second-order valence-electron chi connectivity index (χ2n) is 2.41. The van der Waals surface area contributed by atoms with Crippen molar-refractivity contribution in [2.24, 2.45) is 0 Å². The molecule has 94 valence electrons. The van der Waals surface area contributed by atoms with Crippen molar-refractivity contribution >= 4 is 28.6 Å². The van der Waals surface area contributed by atoms with E-state index in [1.807, 2.05) is 0 Å². The van der Waals surface area contributed by atoms with Crippen LogP contribution in [-0.4, -0.2) is 35.5 Å². The topological polar surface area (TPSA) is 66.8 Å². The summed E-state index contributed by atoms with van der Waals surface area (Å²) in [6.07, 6.45) is -8.84. The van der Waals surface area contributed by atoms with E-state index in [0.29, 0.717) is 0 Å². The third kappa shape index (κ3) is 40.3. The number of rotatable bonds is 3. The lowest BCUT2D eigenvalue weighted by Gasteiger charge is -2.08. The van der Waals surface area contributed by atoms with Gasteiger partial charge >= 0.3 is 12.3 Å². The first-order valence-electron chi connectivity index (χ1n) is 3.46. The smallest absolute Gasteiger partial charge is 0.391 e. The molecule has 0 spiro atoms. The van der Waals surface area contributed by atoms with Gasteiger partial charge in [-0.1, -0.05) is 0 Å². The van der Waals surface area contributed by atoms with Crippen molar-refractivity contribution in [1.82, 2.24) is 0 Å². The van der Waals surface area contributed by atoms with E-state index in [1.54, 1.807) is 0 Å². The summed E-state index contributed by atoms with van der Waals surface area (Å²) < 4.78 is 47.3. The molecule has 0 rings (SSSR count). The minimum absolute atomic E-state index is 0.278. The number of halogens is 5. The van der Waals surface area contributed by atoms with Crippen LogP contribution in [0.5, 0.6) is 0 Å². The summed E-state index contributed by atoms with van der Waals surface area (Å²) in [5.41, 5.74) is 0. The summed E-state index contributed by atoms with van der Waals surface area (Å²) in [5, 5.41) is 8.46. The van der Waals surface area contributed by atoms with E-state index in [1.165, 1.54) is 6.92 Å². The van der Waals surface area contributed by atoms with Gasteiger partial charge in [-0.05, 0) is 29.4 Å². The van der Waals surface area contributed by atoms with Crippen molar-refractivity contribution in [3.8, 4) is 0 Å². The molecule has 10 heteroatoms. The molecule has 0 aromatic rings. The van der Waals surface area contributed by atoms with Crippen molar-refractivity contribution < 1.29 is 32.5 Å². The van der Waals surface area contributed by atoms with Crippen molar-refractivity contribution in [2.45, 2.75) is 19.2 Å². The number of alkyl halides is 3. The maximum Gasteiger partial charge on any atom is 0.411 e. The summed E-state index contributed by atoms with van der Waals surface area (Å²) in [5.74, 6) is 0. The lowest BCUT2D eigenvalue weighted by molar-refractivity contribution is -0.178. The second-order valence-corrected chi connectivity index (χ2v) is 6.55. The van der Waals surface area contributed by atoms with Gasteiger partial charge in [0.25, 0.3) is 0 Å². The van der Waals surface area contributed by atoms with E-state index in [4.69, 9.17) is 10.00 Å². The Balaban J connectivity index is 0. The highest BCUT2D eigenvalue weighted by atomic mass is 35.9. The maximum atomic E-state index is 11.3. The standard InChI is InChI=1S/C5H9F3O2.Cl2HO2P/c1-4(9)2-10-3-5(6,7)8;1-5(2,3)4/h4,9H,2-3H2,1H3;(H,3,4). The zero-order valence-corrected chi connectivity index (χ0v) is 9.95. The molecular formula is C5H10Cl2F3O4P. The van der Waals surface area contributed by atoms with Crippen LogP contribution in [0.1, 0.15) is 6.92 Å². The molecule has 15 heavy (non-hydrogen) atoms. The van der Waals surface area contributed by atoms with Gasteiger partial charge in [-0.3, -0.25) is 4.57 Å². The Morgan fingerprint density at radius 3 is 2.00 bits per heavy atom. The molecule has 0 saturated heterocycles. The third-order valence-corrected chi connectivity index (χ3v) is 0.625. The zero-order chi connectivity index (χ0) is 12.7. The first-order chi connectivity index (χ1) is 6.42. The van der Waals surface area contributed by atoms with Crippen LogP contribution in [0.4, 0.5) is 13.2 Å². The minimum Gasteiger partial charge on any atom is -0.391 e. The average Bonchev–Trinajstić information content (AvgIpc) is 1.77. The summed E-state index contributed by atoms with van der Waals surface area (Å²) in [6, 6.07) is 0. The van der Waals surface area contributed by atoms with E-state index in [0.717, 1.165) is 0 Å². The van der Waals surface area contributed by atoms with Gasteiger partial charge < -0.3 is 14.7 Å². The molecule has 0 amide bonds. The van der Waals surface area contributed by atoms with Gasteiger partial charge in [0.15, 0.2) is 0 Å². The van der Waals surface area contributed by atoms with Gasteiger partial charge in [0.1, 0.15) is 6.61 Å². The van der Waals surface area contributed by atoms with Crippen LogP contribution >= 0.6 is 28.6 Å². The molecule has 0 saturated carbocycles. The molecule has 0 aromatic carbocycles. The van der Waals surface area contributed by atoms with E-state index in [2.05, 4.69) is 27.2 Å². The molecule has 0 bridgehead atoms. The molecule has 4 nitrogen and oxygen atoms in total. The summed E-state index contributed by atoms with van der Waals surface area (Å²) in [7, 11) is 0. The number of ether oxygens (including phenoxy) is 1. The van der Waals surface area contributed by atoms with Crippen LogP contribution in [0.25, 0.3) is 0 Å². The highest BCUT2D eigenvalue weighted by molar-refractivity contribution is 8.04. The highest BCUT2D eigenvalue weighted by Gasteiger charge is 2.27. The second kappa shape index (κ2) is 7.70. The SMILES string of the molecule is CC(O)COCC(F)(F)F.O=P(O)(Cl)Cl. The fraction of sp³-hybridized carbons (Fsp3) is 1.00. The number of aliphatic hydroxyl groups is 1. The first-order valence-corrected chi connectivity index (χ1v) is 6.93. The first kappa shape index (κ1) is 17.9. The molecule has 1 unspecified atom stereocenters. The minimum atomic E-state index is -4.30. The molecule has 0 aliphatic heterocycles. The lowest BCUT2D eigenvalue weighted by Crippen LogP contribution is -2.21. The molecule has 0 radical (unpaired) electrons. The average molecular weight is 293 g/mol. The van der Waals surface area contributed by atoms with E-state index in [-0.39, 0.29) is 6.61 Å². The van der Waals surface area contributed by atoms with Crippen LogP contribution < -0.4 is 0 Å². The molecule has 0 aromatic heterocycles. The Morgan fingerprint density at radius 2 is 1.80 bits per heavy atom. The van der Waals surface area contributed by atoms with Crippen LogP contribution in [0, 0.1) is 0 Å². The predicted molar refractivity (Wildman–Crippen MR) is 50.1 cm³/mol. The van der Waals surface area contributed by atoms with Crippen molar-refractivity contribution in [3.05, 3.63) is 0 Å². The van der Waals surface area contributed by atoms with Crippen LogP contribution in [0.2, 0.25) is 0 Å². The zero-order valence-electron chi connectivity index (χ0n) is 7.54. The van der Waals surface area contributed by atoms with Gasteiger partial charge in [-0.25, -0.2) is 0 Å². The Hall–Kier alpha value is 0.480. The number of hydrogen-bond donors (Lipinski definition) is 2. The van der Waals surface area contributed by atoms with Gasteiger partial charge in [0.05, 0.1) is 12.7 Å². The van der Waals surface area contributed by atoms with E-state index in [9.17, 15) is 17.7 Å². The normalized spacial score (nSPS) is 14.1. The predicted octanol–water partition coefficient (Wildman–Crippen LogP) is 2.51. The van der Waals surface area contributed by atoms with E-state index >= 15 is 0 Å². The van der Waals surface area contributed by atoms with Gasteiger partial charge in [0, 0.05) is 0 Å². The van der Waals surface area contributed by atoms with Crippen molar-refractivity contribution in [3.63, 3.8) is 0 Å². The largest absolute Gasteiger partial charge is 0.411 e. The summed E-state index contributed by atoms with van der Waals surface area (Å²) in [4.78, 5) is 7.61. The molecular weight excluding hydrogens is 283 g/mol. The fourth-order valence-electron chi connectivity index (χ4n) is 0.345. The van der Waals surface area contributed by atoms with Gasteiger partial charge in [-0.15, -0.1) is 0 Å². The Kier molecular flexibility index (Phi) is 9.17. The monoisotopic (exact) mass is 292 g/mol. The highest BCUT2D eigenvalue weighted by Crippen LogP contribution is 2.51. The van der Waals surface area contributed by atoms with Crippen LogP contribution in [0.15, 0.2) is 0 Å². The maximum absolute atomic E-state index is 11.3. The molecule has 0 aliphatic carbocycles. The van der Waals surface area contributed by atoms with Gasteiger partial charge in [0.2, 0.25) is 0 Å². The van der Waals surface area contributed by atoms with Crippen molar-refractivity contribution in [2.75, 3.05) is 13.2 Å². The Morgan fingerprint density at radius 1 is 1.47 bits per heavy atom. The summed E-state index contributed by atoms with van der Waals surface area (Å²) >= 11 is 8.81. The number of aliphatic hydroxyl groups excluding tert-OH is 1. The summed E-state index contributed by atoms with van der Waals surface area (Å²) in [6.45, 7) is -0.214. The Labute approximate surface area is 94.0 Å². The molecule has 0 heterocycles.